The summed E-state index contributed by atoms with van der Waals surface area (Å²) in [6.07, 6.45) is 12.6. The summed E-state index contributed by atoms with van der Waals surface area (Å²) >= 11 is 0. The van der Waals surface area contributed by atoms with Crippen LogP contribution in [0.3, 0.4) is 0 Å². The number of benzene rings is 10. The van der Waals surface area contributed by atoms with Crippen LogP contribution in [0.4, 0.5) is 0 Å². The third-order valence-electron chi connectivity index (χ3n) is 14.0. The van der Waals surface area contributed by atoms with Crippen LogP contribution in [0.15, 0.2) is 146 Å². The molecular weight excluding hydrogens is 685 g/mol. The summed E-state index contributed by atoms with van der Waals surface area (Å²) in [4.78, 5) is 0. The van der Waals surface area contributed by atoms with Gasteiger partial charge in [0.25, 0.3) is 0 Å². The lowest BCUT2D eigenvalue weighted by Gasteiger charge is -2.33. The van der Waals surface area contributed by atoms with Crippen molar-refractivity contribution in [1.29, 1.82) is 0 Å². The van der Waals surface area contributed by atoms with Crippen LogP contribution in [0.25, 0.3) is 98.0 Å². The van der Waals surface area contributed by atoms with Crippen LogP contribution < -0.4 is 0 Å². The highest BCUT2D eigenvalue weighted by atomic mass is 14.5. The van der Waals surface area contributed by atoms with Gasteiger partial charge in [0.05, 0.1) is 0 Å². The van der Waals surface area contributed by atoms with E-state index in [1.54, 1.807) is 11.1 Å². The van der Waals surface area contributed by atoms with Crippen molar-refractivity contribution in [3.8, 4) is 33.4 Å². The first-order valence-corrected chi connectivity index (χ1v) is 21.8. The number of unbranched alkanes of at least 4 members (excludes halogenated alkanes) is 6. The van der Waals surface area contributed by atoms with Gasteiger partial charge in [0.15, 0.2) is 0 Å². The van der Waals surface area contributed by atoms with Gasteiger partial charge >= 0.3 is 0 Å². The minimum absolute atomic E-state index is 0.0221. The summed E-state index contributed by atoms with van der Waals surface area (Å²) in [7, 11) is 0. The third-order valence-corrected chi connectivity index (χ3v) is 14.0. The molecule has 11 rings (SSSR count). The molecule has 0 atom stereocenters. The van der Waals surface area contributed by atoms with Crippen molar-refractivity contribution in [1.82, 2.24) is 0 Å². The zero-order valence-corrected chi connectivity index (χ0v) is 33.4. The van der Waals surface area contributed by atoms with E-state index in [-0.39, 0.29) is 5.41 Å². The van der Waals surface area contributed by atoms with Crippen LogP contribution in [0.1, 0.15) is 89.2 Å². The van der Waals surface area contributed by atoms with Crippen LogP contribution in [0.5, 0.6) is 0 Å². The molecule has 1 aliphatic rings. The minimum Gasteiger partial charge on any atom is -0.0654 e. The molecule has 0 heteroatoms. The first-order chi connectivity index (χ1) is 28.2. The van der Waals surface area contributed by atoms with Gasteiger partial charge in [-0.25, -0.2) is 0 Å². The van der Waals surface area contributed by atoms with E-state index in [1.165, 1.54) is 162 Å². The molecule has 0 amide bonds. The highest BCUT2D eigenvalue weighted by Gasteiger charge is 2.42. The van der Waals surface area contributed by atoms with Gasteiger partial charge in [-0.3, -0.25) is 0 Å². The SMILES string of the molecule is CCCCCCC1(CCCCCC)c2cc(-c3ccc4ccc5cccc6ccc3c4c56)ccc2-c2ccc(-c3ccc4ccc5cccc6ccc3c4c56)cc21. The Labute approximate surface area is 336 Å². The van der Waals surface area contributed by atoms with E-state index in [4.69, 9.17) is 0 Å². The first kappa shape index (κ1) is 34.5. The molecule has 0 saturated carbocycles. The highest BCUT2D eigenvalue weighted by Crippen LogP contribution is 2.56. The minimum atomic E-state index is -0.0221. The average molecular weight is 735 g/mol. The largest absolute Gasteiger partial charge is 0.0654 e. The van der Waals surface area contributed by atoms with Gasteiger partial charge in [0, 0.05) is 5.41 Å². The van der Waals surface area contributed by atoms with Crippen molar-refractivity contribution < 1.29 is 0 Å². The Morgan fingerprint density at radius 3 is 1.12 bits per heavy atom. The molecule has 0 N–H and O–H groups in total. The van der Waals surface area contributed by atoms with E-state index in [2.05, 4.69) is 159 Å². The van der Waals surface area contributed by atoms with E-state index < -0.39 is 0 Å². The van der Waals surface area contributed by atoms with Crippen molar-refractivity contribution in [2.24, 2.45) is 0 Å². The normalized spacial score (nSPS) is 13.6. The summed E-state index contributed by atoms with van der Waals surface area (Å²) in [5.74, 6) is 0. The lowest BCUT2D eigenvalue weighted by atomic mass is 9.70. The van der Waals surface area contributed by atoms with Crippen LogP contribution >= 0.6 is 0 Å². The smallest absolute Gasteiger partial charge is 0.0215 e. The van der Waals surface area contributed by atoms with Crippen molar-refractivity contribution in [2.75, 3.05) is 0 Å². The fourth-order valence-electron chi connectivity index (χ4n) is 11.2. The van der Waals surface area contributed by atoms with Crippen molar-refractivity contribution >= 4 is 64.6 Å². The molecule has 0 heterocycles. The standard InChI is InChI=1S/C57H50/c1-3-5-7-9-33-57(34-10-8-6-4-2)51-35-43(45-27-21-41-19-17-37-13-11-15-39-23-31-49(45)55(41)53(37)39)25-29-47(51)48-30-26-44(36-52(48)57)46-28-22-42-20-18-38-14-12-16-40-24-32-50(46)56(42)54(38)40/h11-32,35-36H,3-10,33-34H2,1-2H3. The molecule has 57 heavy (non-hydrogen) atoms. The van der Waals surface area contributed by atoms with Gasteiger partial charge in [0.2, 0.25) is 0 Å². The predicted octanol–water partition coefficient (Wildman–Crippen LogP) is 17.0. The number of fused-ring (bicyclic) bond motifs is 3. The van der Waals surface area contributed by atoms with E-state index in [1.807, 2.05) is 0 Å². The monoisotopic (exact) mass is 734 g/mol. The molecule has 0 aliphatic heterocycles. The third kappa shape index (κ3) is 5.33. The van der Waals surface area contributed by atoms with Crippen LogP contribution in [-0.4, -0.2) is 0 Å². The molecule has 0 fully saturated rings. The quantitative estimate of drug-likeness (QED) is 0.0866. The Kier molecular flexibility index (Phi) is 8.32. The molecule has 0 radical (unpaired) electrons. The average Bonchev–Trinajstić information content (AvgIpc) is 3.52. The zero-order valence-electron chi connectivity index (χ0n) is 33.4. The van der Waals surface area contributed by atoms with Crippen LogP contribution in [0, 0.1) is 0 Å². The molecule has 1 aliphatic carbocycles. The molecule has 10 aromatic carbocycles. The molecule has 0 aromatic heterocycles. The Morgan fingerprint density at radius 2 is 0.702 bits per heavy atom. The van der Waals surface area contributed by atoms with Gasteiger partial charge in [0.1, 0.15) is 0 Å². The summed E-state index contributed by atoms with van der Waals surface area (Å²) < 4.78 is 0. The second-order valence-corrected chi connectivity index (χ2v) is 17.2. The van der Waals surface area contributed by atoms with Crippen LogP contribution in [0.2, 0.25) is 0 Å². The van der Waals surface area contributed by atoms with Crippen molar-refractivity contribution in [3.05, 3.63) is 157 Å². The second-order valence-electron chi connectivity index (χ2n) is 17.2. The topological polar surface area (TPSA) is 0 Å². The van der Waals surface area contributed by atoms with Crippen molar-refractivity contribution in [2.45, 2.75) is 83.5 Å². The maximum Gasteiger partial charge on any atom is 0.0215 e. The molecule has 0 nitrogen and oxygen atoms in total. The Hall–Kier alpha value is -5.72. The Balaban J connectivity index is 1.11. The summed E-state index contributed by atoms with van der Waals surface area (Å²) in [6.45, 7) is 4.68. The number of rotatable bonds is 12. The summed E-state index contributed by atoms with van der Waals surface area (Å²) in [5, 5.41) is 16.3. The van der Waals surface area contributed by atoms with Crippen molar-refractivity contribution in [3.63, 3.8) is 0 Å². The molecule has 0 unspecified atom stereocenters. The number of hydrogen-bond donors (Lipinski definition) is 0. The molecule has 0 saturated heterocycles. The van der Waals surface area contributed by atoms with E-state index >= 15 is 0 Å². The Morgan fingerprint density at radius 1 is 0.333 bits per heavy atom. The summed E-state index contributed by atoms with van der Waals surface area (Å²) in [5.41, 5.74) is 11.4. The van der Waals surface area contributed by atoms with Gasteiger partial charge in [-0.15, -0.1) is 0 Å². The lowest BCUT2D eigenvalue weighted by Crippen LogP contribution is -2.25. The van der Waals surface area contributed by atoms with Gasteiger partial charge in [-0.05, 0) is 134 Å². The maximum atomic E-state index is 2.64. The fraction of sp³-hybridized carbons (Fsp3) is 0.228. The van der Waals surface area contributed by atoms with Gasteiger partial charge in [-0.1, -0.05) is 199 Å². The van der Waals surface area contributed by atoms with E-state index in [9.17, 15) is 0 Å². The van der Waals surface area contributed by atoms with Gasteiger partial charge < -0.3 is 0 Å². The fourth-order valence-corrected chi connectivity index (χ4v) is 11.2. The van der Waals surface area contributed by atoms with Crippen LogP contribution in [-0.2, 0) is 5.41 Å². The lowest BCUT2D eigenvalue weighted by molar-refractivity contribution is 0.401. The maximum absolute atomic E-state index is 2.64. The Bertz CT molecular complexity index is 2860. The summed E-state index contributed by atoms with van der Waals surface area (Å²) in [6, 6.07) is 56.7. The molecule has 0 bridgehead atoms. The van der Waals surface area contributed by atoms with E-state index in [0.29, 0.717) is 0 Å². The second kappa shape index (κ2) is 13.7. The van der Waals surface area contributed by atoms with Gasteiger partial charge in [-0.2, -0.15) is 0 Å². The number of hydrogen-bond acceptors (Lipinski definition) is 0. The predicted molar refractivity (Wildman–Crippen MR) is 248 cm³/mol. The first-order valence-electron chi connectivity index (χ1n) is 21.8. The molecular formula is C57H50. The molecule has 10 aromatic rings. The van der Waals surface area contributed by atoms with E-state index in [0.717, 1.165) is 0 Å². The molecule has 278 valence electrons. The zero-order chi connectivity index (χ0) is 38.1. The highest BCUT2D eigenvalue weighted by molar-refractivity contribution is 6.26. The molecule has 0 spiro atoms.